The van der Waals surface area contributed by atoms with Gasteiger partial charge in [0.1, 0.15) is 0 Å². The lowest BCUT2D eigenvalue weighted by Gasteiger charge is -2.11. The summed E-state index contributed by atoms with van der Waals surface area (Å²) in [5.74, 6) is 0. The predicted molar refractivity (Wildman–Crippen MR) is 52.5 cm³/mol. The Bertz CT molecular complexity index is 198. The summed E-state index contributed by atoms with van der Waals surface area (Å²) in [6.45, 7) is 3.83. The summed E-state index contributed by atoms with van der Waals surface area (Å²) >= 11 is 1.73. The minimum Gasteiger partial charge on any atom is -0.383 e. The van der Waals surface area contributed by atoms with E-state index in [1.807, 2.05) is 0 Å². The van der Waals surface area contributed by atoms with E-state index in [2.05, 4.69) is 29.1 Å². The molecule has 12 heavy (non-hydrogen) atoms. The van der Waals surface area contributed by atoms with Gasteiger partial charge in [-0.2, -0.15) is 11.3 Å². The van der Waals surface area contributed by atoms with E-state index in [9.17, 15) is 0 Å². The van der Waals surface area contributed by atoms with E-state index in [-0.39, 0.29) is 0 Å². The van der Waals surface area contributed by atoms with Crippen LogP contribution < -0.4 is 5.32 Å². The molecule has 1 heterocycles. The van der Waals surface area contributed by atoms with E-state index in [0.717, 1.165) is 13.2 Å². The number of methoxy groups -OCH3 is 1. The first-order valence-electron chi connectivity index (χ1n) is 4.06. The third kappa shape index (κ3) is 3.34. The fraction of sp³-hybridized carbons (Fsp3) is 0.556. The number of thiophene rings is 1. The number of hydrogen-bond donors (Lipinski definition) is 1. The summed E-state index contributed by atoms with van der Waals surface area (Å²) in [5, 5.41) is 7.62. The highest BCUT2D eigenvalue weighted by Gasteiger charge is 1.99. The molecule has 0 aliphatic carbocycles. The Kier molecular flexibility index (Phi) is 4.29. The monoisotopic (exact) mass is 185 g/mol. The van der Waals surface area contributed by atoms with Gasteiger partial charge in [0, 0.05) is 19.7 Å². The molecule has 1 aromatic rings. The SMILES string of the molecule is COC[C@H](C)NCc1ccsc1. The zero-order valence-electron chi connectivity index (χ0n) is 7.54. The molecular weight excluding hydrogens is 170 g/mol. The van der Waals surface area contributed by atoms with Gasteiger partial charge < -0.3 is 10.1 Å². The van der Waals surface area contributed by atoms with E-state index >= 15 is 0 Å². The Morgan fingerprint density at radius 1 is 1.67 bits per heavy atom. The maximum absolute atomic E-state index is 5.01. The van der Waals surface area contributed by atoms with Gasteiger partial charge in [-0.3, -0.25) is 0 Å². The first-order valence-corrected chi connectivity index (χ1v) is 5.00. The van der Waals surface area contributed by atoms with E-state index < -0.39 is 0 Å². The van der Waals surface area contributed by atoms with Crippen molar-refractivity contribution in [2.75, 3.05) is 13.7 Å². The molecule has 0 aliphatic heterocycles. The van der Waals surface area contributed by atoms with E-state index in [4.69, 9.17) is 4.74 Å². The molecule has 1 rings (SSSR count). The molecule has 68 valence electrons. The molecule has 0 saturated carbocycles. The van der Waals surface area contributed by atoms with Gasteiger partial charge in [0.2, 0.25) is 0 Å². The van der Waals surface area contributed by atoms with Crippen molar-refractivity contribution in [1.82, 2.24) is 5.32 Å². The molecule has 0 saturated heterocycles. The van der Waals surface area contributed by atoms with Crippen molar-refractivity contribution in [3.05, 3.63) is 22.4 Å². The zero-order chi connectivity index (χ0) is 8.81. The van der Waals surface area contributed by atoms with Crippen LogP contribution in [0.15, 0.2) is 16.8 Å². The van der Waals surface area contributed by atoms with Gasteiger partial charge in [-0.15, -0.1) is 0 Å². The Labute approximate surface area is 77.6 Å². The Hall–Kier alpha value is -0.380. The summed E-state index contributed by atoms with van der Waals surface area (Å²) in [4.78, 5) is 0. The summed E-state index contributed by atoms with van der Waals surface area (Å²) < 4.78 is 5.01. The van der Waals surface area contributed by atoms with Crippen LogP contribution in [0.4, 0.5) is 0 Å². The smallest absolute Gasteiger partial charge is 0.0613 e. The first kappa shape index (κ1) is 9.71. The van der Waals surface area contributed by atoms with Crippen molar-refractivity contribution >= 4 is 11.3 Å². The molecule has 0 aromatic carbocycles. The number of ether oxygens (including phenoxy) is 1. The second-order valence-corrected chi connectivity index (χ2v) is 3.65. The van der Waals surface area contributed by atoms with Gasteiger partial charge in [0.25, 0.3) is 0 Å². The highest BCUT2D eigenvalue weighted by Crippen LogP contribution is 2.05. The minimum absolute atomic E-state index is 0.426. The number of rotatable bonds is 5. The van der Waals surface area contributed by atoms with Crippen LogP contribution in [0, 0.1) is 0 Å². The molecule has 0 unspecified atom stereocenters. The first-order chi connectivity index (χ1) is 5.83. The van der Waals surface area contributed by atoms with Crippen LogP contribution in [0.25, 0.3) is 0 Å². The molecule has 0 amide bonds. The summed E-state index contributed by atoms with van der Waals surface area (Å²) in [5.41, 5.74) is 1.35. The summed E-state index contributed by atoms with van der Waals surface area (Å²) in [7, 11) is 1.72. The summed E-state index contributed by atoms with van der Waals surface area (Å²) in [6.07, 6.45) is 0. The predicted octanol–water partition coefficient (Wildman–Crippen LogP) is 1.87. The van der Waals surface area contributed by atoms with E-state index in [1.54, 1.807) is 18.4 Å². The lowest BCUT2D eigenvalue weighted by Crippen LogP contribution is -2.29. The fourth-order valence-electron chi connectivity index (χ4n) is 0.994. The molecule has 0 radical (unpaired) electrons. The topological polar surface area (TPSA) is 21.3 Å². The van der Waals surface area contributed by atoms with Crippen LogP contribution in [0.5, 0.6) is 0 Å². The van der Waals surface area contributed by atoms with Crippen LogP contribution in [0.3, 0.4) is 0 Å². The standard InChI is InChI=1S/C9H15NOS/c1-8(6-11-2)10-5-9-3-4-12-7-9/h3-4,7-8,10H,5-6H2,1-2H3/t8-/m0/s1. The maximum atomic E-state index is 5.01. The Balaban J connectivity index is 2.17. The highest BCUT2D eigenvalue weighted by molar-refractivity contribution is 7.07. The van der Waals surface area contributed by atoms with Crippen molar-refractivity contribution in [1.29, 1.82) is 0 Å². The van der Waals surface area contributed by atoms with Crippen molar-refractivity contribution in [3.8, 4) is 0 Å². The number of nitrogens with one attached hydrogen (secondary N) is 1. The second-order valence-electron chi connectivity index (χ2n) is 2.87. The van der Waals surface area contributed by atoms with Crippen molar-refractivity contribution in [2.24, 2.45) is 0 Å². The minimum atomic E-state index is 0.426. The molecule has 3 heteroatoms. The molecule has 1 N–H and O–H groups in total. The van der Waals surface area contributed by atoms with E-state index in [1.165, 1.54) is 5.56 Å². The van der Waals surface area contributed by atoms with Gasteiger partial charge in [-0.05, 0) is 29.3 Å². The van der Waals surface area contributed by atoms with Gasteiger partial charge in [0.05, 0.1) is 6.61 Å². The summed E-state index contributed by atoms with van der Waals surface area (Å²) in [6, 6.07) is 2.56. The van der Waals surface area contributed by atoms with Crippen LogP contribution in [-0.2, 0) is 11.3 Å². The van der Waals surface area contributed by atoms with Crippen LogP contribution >= 0.6 is 11.3 Å². The average molecular weight is 185 g/mol. The molecule has 0 aliphatic rings. The van der Waals surface area contributed by atoms with Gasteiger partial charge >= 0.3 is 0 Å². The van der Waals surface area contributed by atoms with Gasteiger partial charge in [-0.1, -0.05) is 0 Å². The van der Waals surface area contributed by atoms with Gasteiger partial charge in [-0.25, -0.2) is 0 Å². The Morgan fingerprint density at radius 2 is 2.50 bits per heavy atom. The molecule has 1 atom stereocenters. The van der Waals surface area contributed by atoms with Crippen LogP contribution in [-0.4, -0.2) is 19.8 Å². The van der Waals surface area contributed by atoms with Crippen molar-refractivity contribution < 1.29 is 4.74 Å². The Morgan fingerprint density at radius 3 is 3.08 bits per heavy atom. The molecular formula is C9H15NOS. The quantitative estimate of drug-likeness (QED) is 0.756. The second kappa shape index (κ2) is 5.30. The highest BCUT2D eigenvalue weighted by atomic mass is 32.1. The molecule has 0 bridgehead atoms. The molecule has 2 nitrogen and oxygen atoms in total. The fourth-order valence-corrected chi connectivity index (χ4v) is 1.66. The van der Waals surface area contributed by atoms with Crippen molar-refractivity contribution in [3.63, 3.8) is 0 Å². The van der Waals surface area contributed by atoms with Gasteiger partial charge in [0.15, 0.2) is 0 Å². The lowest BCUT2D eigenvalue weighted by atomic mass is 10.3. The molecule has 0 spiro atoms. The van der Waals surface area contributed by atoms with Crippen LogP contribution in [0.2, 0.25) is 0 Å². The number of hydrogen-bond acceptors (Lipinski definition) is 3. The molecule has 1 aromatic heterocycles. The third-order valence-electron chi connectivity index (χ3n) is 1.65. The lowest BCUT2D eigenvalue weighted by molar-refractivity contribution is 0.171. The largest absolute Gasteiger partial charge is 0.383 e. The average Bonchev–Trinajstić information content (AvgIpc) is 2.53. The third-order valence-corrected chi connectivity index (χ3v) is 2.38. The van der Waals surface area contributed by atoms with E-state index in [0.29, 0.717) is 6.04 Å². The van der Waals surface area contributed by atoms with Crippen molar-refractivity contribution in [2.45, 2.75) is 19.5 Å². The maximum Gasteiger partial charge on any atom is 0.0613 e. The molecule has 0 fully saturated rings. The zero-order valence-corrected chi connectivity index (χ0v) is 8.36. The normalized spacial score (nSPS) is 13.2. The van der Waals surface area contributed by atoms with Crippen LogP contribution in [0.1, 0.15) is 12.5 Å².